The number of hydrogen-bond acceptors (Lipinski definition) is 4. The molecule has 1 N–H and O–H groups in total. The van der Waals surface area contributed by atoms with E-state index < -0.39 is 16.8 Å². The molecule has 1 fully saturated rings. The number of anilines is 1. The molecule has 0 spiro atoms. The predicted octanol–water partition coefficient (Wildman–Crippen LogP) is 3.48. The van der Waals surface area contributed by atoms with Crippen LogP contribution in [0.4, 0.5) is 10.2 Å². The summed E-state index contributed by atoms with van der Waals surface area (Å²) in [5, 5.41) is 9.55. The van der Waals surface area contributed by atoms with Crippen LogP contribution in [0.15, 0.2) is 30.4 Å². The molecular weight excluding hydrogens is 364 g/mol. The molecule has 0 saturated heterocycles. The maximum absolute atomic E-state index is 12.9. The summed E-state index contributed by atoms with van der Waals surface area (Å²) in [6, 6.07) is 6.36. The number of aromatic nitrogens is 1. The number of carbonyl (C=O) groups excluding carboxylic acids is 1. The van der Waals surface area contributed by atoms with Gasteiger partial charge in [-0.1, -0.05) is 6.58 Å². The Morgan fingerprint density at radius 2 is 2.24 bits per heavy atom. The van der Waals surface area contributed by atoms with E-state index in [4.69, 9.17) is 5.26 Å². The van der Waals surface area contributed by atoms with Crippen LogP contribution in [0.25, 0.3) is 10.9 Å². The van der Waals surface area contributed by atoms with E-state index in [1.54, 1.807) is 22.5 Å². The van der Waals surface area contributed by atoms with Gasteiger partial charge in [0.2, 0.25) is 5.78 Å². The van der Waals surface area contributed by atoms with Crippen molar-refractivity contribution < 1.29 is 18.5 Å². The average Bonchev–Trinajstić information content (AvgIpc) is 3.41. The van der Waals surface area contributed by atoms with Crippen molar-refractivity contribution in [2.75, 3.05) is 11.4 Å². The molecular formula is C16H15FN3O3PS. The SMILES string of the molecule is C=C(C#N)C(=O)c1cc2cc(OF)c(NS(=O)C3CC3)cc2n1PC. The van der Waals surface area contributed by atoms with Gasteiger partial charge >= 0.3 is 0 Å². The lowest BCUT2D eigenvalue weighted by atomic mass is 10.1. The Balaban J connectivity index is 2.11. The molecule has 1 heterocycles. The molecule has 130 valence electrons. The van der Waals surface area contributed by atoms with E-state index in [2.05, 4.69) is 16.2 Å². The van der Waals surface area contributed by atoms with Gasteiger partial charge in [0.25, 0.3) is 0 Å². The first-order valence-corrected chi connectivity index (χ1v) is 10.1. The van der Waals surface area contributed by atoms with Crippen molar-refractivity contribution in [1.29, 1.82) is 5.26 Å². The third kappa shape index (κ3) is 3.30. The van der Waals surface area contributed by atoms with Crippen molar-refractivity contribution in [3.63, 3.8) is 0 Å². The number of halogens is 1. The minimum Gasteiger partial charge on any atom is -0.319 e. The number of fused-ring (bicyclic) bond motifs is 1. The number of rotatable bonds is 7. The fourth-order valence-electron chi connectivity index (χ4n) is 2.47. The summed E-state index contributed by atoms with van der Waals surface area (Å²) in [7, 11) is -1.11. The fourth-order valence-corrected chi connectivity index (χ4v) is 4.41. The largest absolute Gasteiger partial charge is 0.319 e. The second-order valence-corrected chi connectivity index (χ2v) is 7.95. The topological polar surface area (TPSA) is 84.1 Å². The van der Waals surface area contributed by atoms with Crippen LogP contribution in [0.3, 0.4) is 0 Å². The molecule has 1 saturated carbocycles. The molecule has 3 rings (SSSR count). The molecule has 1 aromatic carbocycles. The first-order valence-electron chi connectivity index (χ1n) is 7.47. The number of nitriles is 1. The summed E-state index contributed by atoms with van der Waals surface area (Å²) in [4.78, 5) is 16.2. The molecule has 2 aromatic rings. The number of benzene rings is 1. The van der Waals surface area contributed by atoms with E-state index in [-0.39, 0.29) is 31.0 Å². The van der Waals surface area contributed by atoms with Crippen LogP contribution in [0.2, 0.25) is 0 Å². The predicted molar refractivity (Wildman–Crippen MR) is 97.2 cm³/mol. The standard InChI is InChI=1S/C16H15FN3O3PS/c1-9(8-18)16(21)14-5-10-6-15(23-17)12(7-13(10)20(14)24-2)19-25(22)11-3-4-11/h5-7,11,19,24H,1,3-4H2,2H3. The van der Waals surface area contributed by atoms with E-state index in [0.29, 0.717) is 16.6 Å². The third-order valence-electron chi connectivity index (χ3n) is 3.89. The van der Waals surface area contributed by atoms with Crippen molar-refractivity contribution in [1.82, 2.24) is 4.34 Å². The molecule has 0 amide bonds. The van der Waals surface area contributed by atoms with Gasteiger partial charge in [0.05, 0.1) is 27.7 Å². The molecule has 1 aliphatic carbocycles. The number of hydrogen-bond donors (Lipinski definition) is 1. The van der Waals surface area contributed by atoms with E-state index in [1.165, 1.54) is 6.07 Å². The molecule has 0 radical (unpaired) electrons. The molecule has 1 aromatic heterocycles. The second-order valence-electron chi connectivity index (χ2n) is 5.59. The quantitative estimate of drug-likeness (QED) is 0.346. The van der Waals surface area contributed by atoms with Gasteiger partial charge in [0.1, 0.15) is 17.1 Å². The molecule has 2 atom stereocenters. The molecule has 0 bridgehead atoms. The highest BCUT2D eigenvalue weighted by atomic mass is 32.2. The molecule has 6 nitrogen and oxygen atoms in total. The Kier molecular flexibility index (Phi) is 4.89. The van der Waals surface area contributed by atoms with Crippen molar-refractivity contribution in [2.45, 2.75) is 18.1 Å². The average molecular weight is 379 g/mol. The van der Waals surface area contributed by atoms with Crippen LogP contribution in [-0.2, 0) is 11.0 Å². The molecule has 2 unspecified atom stereocenters. The van der Waals surface area contributed by atoms with Gasteiger partial charge in [-0.25, -0.2) is 4.21 Å². The Bertz CT molecular complexity index is 946. The summed E-state index contributed by atoms with van der Waals surface area (Å²) < 4.78 is 29.5. The fraction of sp³-hybridized carbons (Fsp3) is 0.250. The van der Waals surface area contributed by atoms with Crippen molar-refractivity contribution in [3.8, 4) is 11.8 Å². The van der Waals surface area contributed by atoms with Crippen LogP contribution in [0, 0.1) is 11.3 Å². The van der Waals surface area contributed by atoms with Gasteiger partial charge in [-0.3, -0.25) is 9.74 Å². The molecule has 9 heteroatoms. The zero-order valence-corrected chi connectivity index (χ0v) is 15.2. The van der Waals surface area contributed by atoms with Crippen LogP contribution >= 0.6 is 8.73 Å². The van der Waals surface area contributed by atoms with Crippen LogP contribution in [0.1, 0.15) is 23.3 Å². The summed E-state index contributed by atoms with van der Waals surface area (Å²) >= 11 is 0. The lowest BCUT2D eigenvalue weighted by Gasteiger charge is -2.10. The number of nitrogens with one attached hydrogen (secondary N) is 1. The van der Waals surface area contributed by atoms with Crippen molar-refractivity contribution >= 4 is 42.1 Å². The van der Waals surface area contributed by atoms with E-state index in [1.807, 2.05) is 6.66 Å². The highest BCUT2D eigenvalue weighted by Crippen LogP contribution is 2.37. The van der Waals surface area contributed by atoms with Gasteiger partial charge in [-0.05, 0) is 46.4 Å². The third-order valence-corrected chi connectivity index (χ3v) is 6.32. The Morgan fingerprint density at radius 3 is 2.80 bits per heavy atom. The zero-order valence-electron chi connectivity index (χ0n) is 13.3. The normalized spacial score (nSPS) is 15.2. The second kappa shape index (κ2) is 6.95. The maximum Gasteiger partial charge on any atom is 0.219 e. The van der Waals surface area contributed by atoms with Crippen molar-refractivity contribution in [2.24, 2.45) is 0 Å². The van der Waals surface area contributed by atoms with Gasteiger partial charge in [0, 0.05) is 9.91 Å². The Labute approximate surface area is 148 Å². The summed E-state index contributed by atoms with van der Waals surface area (Å²) in [5.41, 5.74) is 1.05. The van der Waals surface area contributed by atoms with Gasteiger partial charge < -0.3 is 9.06 Å². The van der Waals surface area contributed by atoms with Crippen LogP contribution in [-0.4, -0.2) is 26.2 Å². The smallest absolute Gasteiger partial charge is 0.219 e. The van der Waals surface area contributed by atoms with Gasteiger partial charge in [-0.15, -0.1) is 0 Å². The number of nitrogens with zero attached hydrogens (tertiary/aromatic N) is 2. The monoisotopic (exact) mass is 379 g/mol. The number of ketones is 1. The minimum absolute atomic E-state index is 0.0686. The summed E-state index contributed by atoms with van der Waals surface area (Å²) in [6.45, 7) is 5.33. The first-order chi connectivity index (χ1) is 12.0. The highest BCUT2D eigenvalue weighted by Gasteiger charge is 2.29. The van der Waals surface area contributed by atoms with Crippen molar-refractivity contribution in [3.05, 3.63) is 36.0 Å². The van der Waals surface area contributed by atoms with Crippen LogP contribution < -0.4 is 9.66 Å². The lowest BCUT2D eigenvalue weighted by Crippen LogP contribution is -2.09. The minimum atomic E-state index is -1.31. The summed E-state index contributed by atoms with van der Waals surface area (Å²) in [5.74, 6) is -0.581. The van der Waals surface area contributed by atoms with E-state index in [9.17, 15) is 13.5 Å². The number of Topliss-reactive ketones (excluding diaryl/α,β-unsaturated/α-hetero) is 1. The Hall–Kier alpha value is -2.23. The zero-order chi connectivity index (χ0) is 18.1. The van der Waals surface area contributed by atoms with Crippen LogP contribution in [0.5, 0.6) is 5.75 Å². The number of allylic oxidation sites excluding steroid dienone is 1. The van der Waals surface area contributed by atoms with E-state index in [0.717, 1.165) is 12.8 Å². The summed E-state index contributed by atoms with van der Waals surface area (Å²) in [6.07, 6.45) is 1.74. The molecule has 0 aliphatic heterocycles. The molecule has 25 heavy (non-hydrogen) atoms. The van der Waals surface area contributed by atoms with E-state index >= 15 is 0 Å². The highest BCUT2D eigenvalue weighted by molar-refractivity contribution is 7.87. The Morgan fingerprint density at radius 1 is 1.52 bits per heavy atom. The molecule has 1 aliphatic rings. The lowest BCUT2D eigenvalue weighted by molar-refractivity contribution is -0.00505. The maximum atomic E-state index is 12.9. The van der Waals surface area contributed by atoms with Gasteiger partial charge in [0.15, 0.2) is 5.75 Å². The number of carbonyl (C=O) groups is 1. The van der Waals surface area contributed by atoms with Gasteiger partial charge in [-0.2, -0.15) is 5.26 Å². The first kappa shape index (κ1) is 17.6.